The van der Waals surface area contributed by atoms with E-state index in [1.165, 1.54) is 5.56 Å². The number of piperidine rings is 1. The molecule has 0 radical (unpaired) electrons. The Morgan fingerprint density at radius 1 is 1.27 bits per heavy atom. The van der Waals surface area contributed by atoms with Crippen molar-refractivity contribution in [1.82, 2.24) is 0 Å². The van der Waals surface area contributed by atoms with Crippen LogP contribution in [0.25, 0.3) is 0 Å². The molecule has 15 heavy (non-hydrogen) atoms. The molecule has 2 rings (SSSR count). The Hall–Kier alpha value is -1.31. The Morgan fingerprint density at radius 3 is 2.53 bits per heavy atom. The molecule has 1 unspecified atom stereocenters. The Bertz CT molecular complexity index is 355. The average Bonchev–Trinajstić information content (AvgIpc) is 2.20. The molecule has 1 heterocycles. The third-order valence-corrected chi connectivity index (χ3v) is 3.02. The van der Waals surface area contributed by atoms with Gasteiger partial charge < -0.3 is 4.90 Å². The molecule has 2 nitrogen and oxygen atoms in total. The highest BCUT2D eigenvalue weighted by molar-refractivity contribution is 5.94. The predicted molar refractivity (Wildman–Crippen MR) is 61.9 cm³/mol. The van der Waals surface area contributed by atoms with E-state index in [-0.39, 0.29) is 5.91 Å². The van der Waals surface area contributed by atoms with E-state index in [4.69, 9.17) is 0 Å². The summed E-state index contributed by atoms with van der Waals surface area (Å²) in [4.78, 5) is 13.7. The Kier molecular flexibility index (Phi) is 2.76. The summed E-state index contributed by atoms with van der Waals surface area (Å²) >= 11 is 0. The molecule has 1 aliphatic rings. The number of carbonyl (C=O) groups excluding carboxylic acids is 1. The number of nitrogens with zero attached hydrogens (tertiary/aromatic N) is 1. The number of anilines is 1. The van der Waals surface area contributed by atoms with Crippen molar-refractivity contribution >= 4 is 11.6 Å². The molecule has 2 heteroatoms. The topological polar surface area (TPSA) is 20.3 Å². The van der Waals surface area contributed by atoms with Crippen LogP contribution in [0.3, 0.4) is 0 Å². The summed E-state index contributed by atoms with van der Waals surface area (Å²) in [5, 5.41) is 0. The van der Waals surface area contributed by atoms with Gasteiger partial charge in [0, 0.05) is 18.7 Å². The van der Waals surface area contributed by atoms with Crippen LogP contribution >= 0.6 is 0 Å². The van der Waals surface area contributed by atoms with Crippen LogP contribution in [0.4, 0.5) is 5.69 Å². The largest absolute Gasteiger partial charge is 0.312 e. The fraction of sp³-hybridized carbons (Fsp3) is 0.462. The third-order valence-electron chi connectivity index (χ3n) is 3.02. The van der Waals surface area contributed by atoms with Crippen LogP contribution in [0, 0.1) is 12.8 Å². The first-order chi connectivity index (χ1) is 7.16. The SMILES string of the molecule is Cc1ccc(N2CCC(C)CC2=O)cc1. The molecule has 1 aromatic carbocycles. The van der Waals surface area contributed by atoms with Crippen molar-refractivity contribution in [3.63, 3.8) is 0 Å². The fourth-order valence-corrected chi connectivity index (χ4v) is 1.98. The highest BCUT2D eigenvalue weighted by atomic mass is 16.2. The van der Waals surface area contributed by atoms with Crippen molar-refractivity contribution in [2.24, 2.45) is 5.92 Å². The number of amides is 1. The van der Waals surface area contributed by atoms with Gasteiger partial charge in [0.2, 0.25) is 5.91 Å². The molecule has 0 saturated carbocycles. The minimum Gasteiger partial charge on any atom is -0.312 e. The van der Waals surface area contributed by atoms with E-state index in [9.17, 15) is 4.79 Å². The van der Waals surface area contributed by atoms with Crippen molar-refractivity contribution in [2.45, 2.75) is 26.7 Å². The summed E-state index contributed by atoms with van der Waals surface area (Å²) < 4.78 is 0. The lowest BCUT2D eigenvalue weighted by Crippen LogP contribution is -2.38. The molecule has 0 aliphatic carbocycles. The van der Waals surface area contributed by atoms with Crippen LogP contribution in [0.1, 0.15) is 25.3 Å². The number of hydrogen-bond donors (Lipinski definition) is 0. The lowest BCUT2D eigenvalue weighted by Gasteiger charge is -2.30. The summed E-state index contributed by atoms with van der Waals surface area (Å²) in [7, 11) is 0. The third kappa shape index (κ3) is 2.20. The summed E-state index contributed by atoms with van der Waals surface area (Å²) in [6, 6.07) is 8.17. The fourth-order valence-electron chi connectivity index (χ4n) is 1.98. The molecular weight excluding hydrogens is 186 g/mol. The molecule has 1 amide bonds. The van der Waals surface area contributed by atoms with Gasteiger partial charge in [-0.2, -0.15) is 0 Å². The normalized spacial score (nSPS) is 21.9. The van der Waals surface area contributed by atoms with Gasteiger partial charge in [-0.1, -0.05) is 24.6 Å². The van der Waals surface area contributed by atoms with E-state index in [0.717, 1.165) is 18.7 Å². The quantitative estimate of drug-likeness (QED) is 0.687. The zero-order chi connectivity index (χ0) is 10.8. The van der Waals surface area contributed by atoms with Gasteiger partial charge >= 0.3 is 0 Å². The van der Waals surface area contributed by atoms with E-state index in [1.54, 1.807) is 0 Å². The molecule has 0 bridgehead atoms. The van der Waals surface area contributed by atoms with Crippen molar-refractivity contribution in [2.75, 3.05) is 11.4 Å². The first-order valence-corrected chi connectivity index (χ1v) is 5.54. The van der Waals surface area contributed by atoms with Crippen LogP contribution in [0.5, 0.6) is 0 Å². The second kappa shape index (κ2) is 4.05. The van der Waals surface area contributed by atoms with Gasteiger partial charge in [0.05, 0.1) is 0 Å². The molecule has 1 atom stereocenters. The van der Waals surface area contributed by atoms with Gasteiger partial charge in [-0.3, -0.25) is 4.79 Å². The zero-order valence-electron chi connectivity index (χ0n) is 9.36. The summed E-state index contributed by atoms with van der Waals surface area (Å²) in [6.45, 7) is 5.07. The number of carbonyl (C=O) groups is 1. The van der Waals surface area contributed by atoms with Crippen LogP contribution in [0.2, 0.25) is 0 Å². The Labute approximate surface area is 90.9 Å². The van der Waals surface area contributed by atoms with Crippen LogP contribution in [0.15, 0.2) is 24.3 Å². The second-order valence-corrected chi connectivity index (χ2v) is 4.48. The molecule has 0 aromatic heterocycles. The van der Waals surface area contributed by atoms with Gasteiger partial charge in [-0.05, 0) is 31.4 Å². The number of benzene rings is 1. The molecule has 1 aliphatic heterocycles. The second-order valence-electron chi connectivity index (χ2n) is 4.48. The van der Waals surface area contributed by atoms with Crippen LogP contribution in [-0.4, -0.2) is 12.5 Å². The van der Waals surface area contributed by atoms with Gasteiger partial charge in [0.1, 0.15) is 0 Å². The lowest BCUT2D eigenvalue weighted by molar-refractivity contribution is -0.120. The maximum atomic E-state index is 11.8. The first-order valence-electron chi connectivity index (χ1n) is 5.54. The molecule has 1 fully saturated rings. The van der Waals surface area contributed by atoms with Crippen LogP contribution < -0.4 is 4.90 Å². The molecule has 80 valence electrons. The molecular formula is C13H17NO. The zero-order valence-corrected chi connectivity index (χ0v) is 9.36. The minimum absolute atomic E-state index is 0.262. The molecule has 0 spiro atoms. The van der Waals surface area contributed by atoms with Gasteiger partial charge in [-0.25, -0.2) is 0 Å². The van der Waals surface area contributed by atoms with Gasteiger partial charge in [0.15, 0.2) is 0 Å². The first kappa shape index (κ1) is 10.2. The van der Waals surface area contributed by atoms with Crippen molar-refractivity contribution < 1.29 is 4.79 Å². The highest BCUT2D eigenvalue weighted by Gasteiger charge is 2.23. The standard InChI is InChI=1S/C13H17NO/c1-10-3-5-12(6-4-10)14-8-7-11(2)9-13(14)15/h3-6,11H,7-9H2,1-2H3. The monoisotopic (exact) mass is 203 g/mol. The maximum absolute atomic E-state index is 11.8. The van der Waals surface area contributed by atoms with E-state index >= 15 is 0 Å². The minimum atomic E-state index is 0.262. The average molecular weight is 203 g/mol. The van der Waals surface area contributed by atoms with Gasteiger partial charge in [-0.15, -0.1) is 0 Å². The summed E-state index contributed by atoms with van der Waals surface area (Å²) in [6.07, 6.45) is 1.80. The number of rotatable bonds is 1. The maximum Gasteiger partial charge on any atom is 0.227 e. The van der Waals surface area contributed by atoms with E-state index in [1.807, 2.05) is 17.0 Å². The summed E-state index contributed by atoms with van der Waals surface area (Å²) in [5.41, 5.74) is 2.27. The number of aryl methyl sites for hydroxylation is 1. The lowest BCUT2D eigenvalue weighted by atomic mass is 9.98. The van der Waals surface area contributed by atoms with E-state index in [0.29, 0.717) is 12.3 Å². The predicted octanol–water partition coefficient (Wildman–Crippen LogP) is 2.76. The number of hydrogen-bond acceptors (Lipinski definition) is 1. The van der Waals surface area contributed by atoms with Crippen molar-refractivity contribution in [1.29, 1.82) is 0 Å². The molecule has 1 saturated heterocycles. The highest BCUT2D eigenvalue weighted by Crippen LogP contribution is 2.23. The van der Waals surface area contributed by atoms with E-state index < -0.39 is 0 Å². The Morgan fingerprint density at radius 2 is 1.93 bits per heavy atom. The Balaban J connectivity index is 2.17. The summed E-state index contributed by atoms with van der Waals surface area (Å²) in [5.74, 6) is 0.803. The van der Waals surface area contributed by atoms with Crippen LogP contribution in [-0.2, 0) is 4.79 Å². The van der Waals surface area contributed by atoms with Crippen molar-refractivity contribution in [3.05, 3.63) is 29.8 Å². The van der Waals surface area contributed by atoms with E-state index in [2.05, 4.69) is 26.0 Å². The smallest absolute Gasteiger partial charge is 0.227 e. The molecule has 0 N–H and O–H groups in total. The molecule has 1 aromatic rings. The van der Waals surface area contributed by atoms with Crippen molar-refractivity contribution in [3.8, 4) is 0 Å². The van der Waals surface area contributed by atoms with Gasteiger partial charge in [0.25, 0.3) is 0 Å².